The number of hydrogen-bond donors (Lipinski definition) is 2. The molecule has 0 saturated heterocycles. The molecular weight excluding hydrogens is 443 g/mol. The van der Waals surface area contributed by atoms with Crippen LogP contribution < -0.4 is 20.1 Å². The van der Waals surface area contributed by atoms with Crippen molar-refractivity contribution >= 4 is 29.9 Å². The average molecular weight is 468 g/mol. The van der Waals surface area contributed by atoms with Crippen molar-refractivity contribution in [3.8, 4) is 11.5 Å². The Kier molecular flexibility index (Phi) is 7.96. The third kappa shape index (κ3) is 5.76. The highest BCUT2D eigenvalue weighted by Crippen LogP contribution is 2.32. The number of halogens is 1. The normalized spacial score (nSPS) is 12.5. The molecule has 0 unspecified atom stereocenters. The summed E-state index contributed by atoms with van der Waals surface area (Å²) in [5, 5.41) is 6.66. The largest absolute Gasteiger partial charge is 0.454 e. The maximum atomic E-state index is 5.41. The van der Waals surface area contributed by atoms with E-state index in [1.165, 1.54) is 11.1 Å². The number of nitrogens with zero attached hydrogens (tertiary/aromatic N) is 2. The highest BCUT2D eigenvalue weighted by molar-refractivity contribution is 14.0. The van der Waals surface area contributed by atoms with Crippen LogP contribution in [-0.2, 0) is 12.8 Å². The molecule has 0 amide bonds. The van der Waals surface area contributed by atoms with Crippen molar-refractivity contribution in [2.75, 3.05) is 26.9 Å². The molecule has 3 rings (SSSR count). The van der Waals surface area contributed by atoms with Gasteiger partial charge in [-0.3, -0.25) is 9.98 Å². The van der Waals surface area contributed by atoms with Crippen LogP contribution in [0.4, 0.5) is 0 Å². The third-order valence-electron chi connectivity index (χ3n) is 4.05. The van der Waals surface area contributed by atoms with Crippen LogP contribution in [0.3, 0.4) is 0 Å². The maximum Gasteiger partial charge on any atom is 0.231 e. The lowest BCUT2D eigenvalue weighted by Gasteiger charge is -2.12. The standard InChI is InChI=1S/C19H24N4O2.HI/c1-14-3-4-16(12-23-14)8-10-22-19(20-2)21-9-7-15-5-6-17-18(11-15)25-13-24-17;/h3-6,11-12H,7-10,13H2,1-2H3,(H2,20,21,22);1H. The third-order valence-corrected chi connectivity index (χ3v) is 4.05. The van der Waals surface area contributed by atoms with Gasteiger partial charge in [-0.15, -0.1) is 24.0 Å². The predicted molar refractivity (Wildman–Crippen MR) is 114 cm³/mol. The second-order valence-electron chi connectivity index (χ2n) is 5.92. The zero-order chi connectivity index (χ0) is 17.5. The Balaban J connectivity index is 0.00000243. The molecule has 1 aromatic heterocycles. The van der Waals surface area contributed by atoms with Gasteiger partial charge in [0.05, 0.1) is 0 Å². The fraction of sp³-hybridized carbons (Fsp3) is 0.368. The van der Waals surface area contributed by atoms with E-state index in [9.17, 15) is 0 Å². The van der Waals surface area contributed by atoms with Gasteiger partial charge in [0.1, 0.15) is 0 Å². The van der Waals surface area contributed by atoms with Gasteiger partial charge in [-0.2, -0.15) is 0 Å². The first-order valence-corrected chi connectivity index (χ1v) is 8.49. The van der Waals surface area contributed by atoms with Crippen molar-refractivity contribution in [1.29, 1.82) is 0 Å². The molecule has 2 N–H and O–H groups in total. The second kappa shape index (κ2) is 10.2. The van der Waals surface area contributed by atoms with Gasteiger partial charge in [0, 0.05) is 32.0 Å². The lowest BCUT2D eigenvalue weighted by atomic mass is 10.1. The van der Waals surface area contributed by atoms with E-state index < -0.39 is 0 Å². The minimum Gasteiger partial charge on any atom is -0.454 e. The molecule has 0 fully saturated rings. The molecule has 0 atom stereocenters. The first-order chi connectivity index (χ1) is 12.2. The fourth-order valence-electron chi connectivity index (χ4n) is 2.61. The number of aliphatic imine (C=N–C) groups is 1. The molecule has 0 spiro atoms. The molecule has 0 radical (unpaired) electrons. The lowest BCUT2D eigenvalue weighted by molar-refractivity contribution is 0.174. The number of aryl methyl sites for hydroxylation is 1. The summed E-state index contributed by atoms with van der Waals surface area (Å²) in [6.45, 7) is 3.91. The minimum atomic E-state index is 0. The summed E-state index contributed by atoms with van der Waals surface area (Å²) in [4.78, 5) is 8.57. The Morgan fingerprint density at radius 3 is 2.42 bits per heavy atom. The molecule has 2 aromatic rings. The van der Waals surface area contributed by atoms with E-state index in [0.29, 0.717) is 6.79 Å². The predicted octanol–water partition coefficient (Wildman–Crippen LogP) is 2.69. The monoisotopic (exact) mass is 468 g/mol. The molecule has 0 bridgehead atoms. The smallest absolute Gasteiger partial charge is 0.231 e. The van der Waals surface area contributed by atoms with E-state index in [-0.39, 0.29) is 24.0 Å². The van der Waals surface area contributed by atoms with Crippen LogP contribution in [0.15, 0.2) is 41.5 Å². The van der Waals surface area contributed by atoms with Gasteiger partial charge in [-0.25, -0.2) is 0 Å². The van der Waals surface area contributed by atoms with Crippen LogP contribution >= 0.6 is 24.0 Å². The van der Waals surface area contributed by atoms with E-state index in [4.69, 9.17) is 9.47 Å². The van der Waals surface area contributed by atoms with Crippen LogP contribution in [0.5, 0.6) is 11.5 Å². The molecule has 1 aliphatic rings. The minimum absolute atomic E-state index is 0. The lowest BCUT2D eigenvalue weighted by Crippen LogP contribution is -2.39. The van der Waals surface area contributed by atoms with Crippen molar-refractivity contribution in [2.24, 2.45) is 4.99 Å². The summed E-state index contributed by atoms with van der Waals surface area (Å²) in [6, 6.07) is 10.2. The van der Waals surface area contributed by atoms with Gasteiger partial charge in [0.15, 0.2) is 17.5 Å². The van der Waals surface area contributed by atoms with E-state index in [0.717, 1.165) is 49.1 Å². The van der Waals surface area contributed by atoms with Crippen molar-refractivity contribution in [3.63, 3.8) is 0 Å². The summed E-state index contributed by atoms with van der Waals surface area (Å²) in [5.74, 6) is 2.45. The van der Waals surface area contributed by atoms with Gasteiger partial charge in [-0.1, -0.05) is 12.1 Å². The summed E-state index contributed by atoms with van der Waals surface area (Å²) < 4.78 is 10.7. The number of benzene rings is 1. The zero-order valence-corrected chi connectivity index (χ0v) is 17.4. The van der Waals surface area contributed by atoms with E-state index in [1.807, 2.05) is 31.3 Å². The van der Waals surface area contributed by atoms with E-state index >= 15 is 0 Å². The molecule has 1 aliphatic heterocycles. The van der Waals surface area contributed by atoms with Gasteiger partial charge in [0.2, 0.25) is 6.79 Å². The van der Waals surface area contributed by atoms with E-state index in [1.54, 1.807) is 7.05 Å². The van der Waals surface area contributed by atoms with Gasteiger partial charge in [0.25, 0.3) is 0 Å². The molecule has 140 valence electrons. The van der Waals surface area contributed by atoms with Crippen molar-refractivity contribution in [1.82, 2.24) is 15.6 Å². The molecule has 7 heteroatoms. The Morgan fingerprint density at radius 1 is 1.04 bits per heavy atom. The number of nitrogens with one attached hydrogen (secondary N) is 2. The summed E-state index contributed by atoms with van der Waals surface area (Å²) in [5.41, 5.74) is 3.46. The maximum absolute atomic E-state index is 5.41. The highest BCUT2D eigenvalue weighted by Gasteiger charge is 2.12. The van der Waals surface area contributed by atoms with Crippen molar-refractivity contribution in [3.05, 3.63) is 53.3 Å². The van der Waals surface area contributed by atoms with Crippen molar-refractivity contribution < 1.29 is 9.47 Å². The first kappa shape index (κ1) is 20.3. The molecule has 0 aliphatic carbocycles. The summed E-state index contributed by atoms with van der Waals surface area (Å²) >= 11 is 0. The molecule has 1 aromatic carbocycles. The van der Waals surface area contributed by atoms with Gasteiger partial charge in [-0.05, 0) is 49.1 Å². The number of fused-ring (bicyclic) bond motifs is 1. The Hall–Kier alpha value is -2.03. The van der Waals surface area contributed by atoms with E-state index in [2.05, 4.69) is 32.7 Å². The average Bonchev–Trinajstić information content (AvgIpc) is 3.10. The topological polar surface area (TPSA) is 67.8 Å². The van der Waals surface area contributed by atoms with Crippen LogP contribution in [0.25, 0.3) is 0 Å². The molecule has 26 heavy (non-hydrogen) atoms. The number of hydrogen-bond acceptors (Lipinski definition) is 4. The second-order valence-corrected chi connectivity index (χ2v) is 5.92. The number of guanidine groups is 1. The van der Waals surface area contributed by atoms with Crippen LogP contribution in [0.2, 0.25) is 0 Å². The van der Waals surface area contributed by atoms with Crippen LogP contribution in [0.1, 0.15) is 16.8 Å². The Bertz CT molecular complexity index is 735. The Labute approximate surface area is 171 Å². The van der Waals surface area contributed by atoms with Gasteiger partial charge < -0.3 is 20.1 Å². The molecule has 6 nitrogen and oxygen atoms in total. The fourth-order valence-corrected chi connectivity index (χ4v) is 2.61. The zero-order valence-electron chi connectivity index (χ0n) is 15.1. The summed E-state index contributed by atoms with van der Waals surface area (Å²) in [7, 11) is 1.78. The number of pyridine rings is 1. The number of aromatic nitrogens is 1. The summed E-state index contributed by atoms with van der Waals surface area (Å²) in [6.07, 6.45) is 3.72. The van der Waals surface area contributed by atoms with Crippen LogP contribution in [-0.4, -0.2) is 37.9 Å². The van der Waals surface area contributed by atoms with Crippen LogP contribution in [0, 0.1) is 6.92 Å². The molecular formula is C19H25IN4O2. The number of rotatable bonds is 6. The molecule has 0 saturated carbocycles. The quantitative estimate of drug-likeness (QED) is 0.388. The number of ether oxygens (including phenoxy) is 2. The van der Waals surface area contributed by atoms with Gasteiger partial charge >= 0.3 is 0 Å². The SMILES string of the molecule is CN=C(NCCc1ccc(C)nc1)NCCc1ccc2c(c1)OCO2.I. The van der Waals surface area contributed by atoms with Crippen molar-refractivity contribution in [2.45, 2.75) is 19.8 Å². The highest BCUT2D eigenvalue weighted by atomic mass is 127. The molecule has 2 heterocycles. The first-order valence-electron chi connectivity index (χ1n) is 8.49. The Morgan fingerprint density at radius 2 is 1.73 bits per heavy atom.